The van der Waals surface area contributed by atoms with Crippen molar-refractivity contribution in [1.29, 1.82) is 0 Å². The molecule has 5 N–H and O–H groups in total. The van der Waals surface area contributed by atoms with Gasteiger partial charge in [0.15, 0.2) is 28.9 Å². The molecule has 1 fully saturated rings. The second kappa shape index (κ2) is 11.6. The standard InChI is InChI=1S/C22H28F2N6O4/c1-32-17-8-18(33-2)21(24)16(20(17)23)12-34-15-9-27-22(28-10-15)29-19(26)7-13(25)11-30-5-3-14(31)4-6-30/h7-10,14,31H,3-6,11-12,25H2,1-2H3,(H2,26,27,28,29)/b13-7-. The quantitative estimate of drug-likeness (QED) is 0.362. The molecule has 1 aromatic carbocycles. The number of likely N-dealkylation sites (tertiary alicyclic amines) is 1. The molecule has 0 bridgehead atoms. The molecule has 2 heterocycles. The van der Waals surface area contributed by atoms with Gasteiger partial charge in [-0.05, 0) is 12.8 Å². The maximum atomic E-state index is 14.4. The number of methoxy groups -OCH3 is 2. The van der Waals surface area contributed by atoms with E-state index < -0.39 is 18.2 Å². The van der Waals surface area contributed by atoms with Gasteiger partial charge < -0.3 is 30.8 Å². The lowest BCUT2D eigenvalue weighted by Crippen LogP contribution is -2.38. The first-order chi connectivity index (χ1) is 16.3. The van der Waals surface area contributed by atoms with Crippen LogP contribution in [0.3, 0.4) is 0 Å². The zero-order chi connectivity index (χ0) is 24.7. The molecular weight excluding hydrogens is 450 g/mol. The average molecular weight is 479 g/mol. The zero-order valence-corrected chi connectivity index (χ0v) is 19.0. The maximum Gasteiger partial charge on any atom is 0.251 e. The van der Waals surface area contributed by atoms with Crippen LogP contribution in [0.1, 0.15) is 18.4 Å². The Morgan fingerprint density at radius 3 is 2.29 bits per heavy atom. The first-order valence-corrected chi connectivity index (χ1v) is 10.5. The molecule has 2 aromatic rings. The number of piperidine rings is 1. The molecule has 3 rings (SSSR count). The summed E-state index contributed by atoms with van der Waals surface area (Å²) in [7, 11) is 2.53. The molecule has 12 heteroatoms. The fraction of sp³-hybridized carbons (Fsp3) is 0.409. The first-order valence-electron chi connectivity index (χ1n) is 10.5. The fourth-order valence-electron chi connectivity index (χ4n) is 3.38. The Morgan fingerprint density at radius 2 is 1.74 bits per heavy atom. The van der Waals surface area contributed by atoms with Crippen LogP contribution in [0.4, 0.5) is 14.7 Å². The number of benzene rings is 1. The molecule has 1 saturated heterocycles. The van der Waals surface area contributed by atoms with Crippen molar-refractivity contribution in [3.63, 3.8) is 0 Å². The largest absolute Gasteiger partial charge is 0.494 e. The lowest BCUT2D eigenvalue weighted by Gasteiger charge is -2.29. The molecule has 0 spiro atoms. The van der Waals surface area contributed by atoms with Gasteiger partial charge in [0, 0.05) is 37.5 Å². The summed E-state index contributed by atoms with van der Waals surface area (Å²) in [6, 6.07) is 1.12. The smallest absolute Gasteiger partial charge is 0.251 e. The molecule has 34 heavy (non-hydrogen) atoms. The Kier molecular flexibility index (Phi) is 8.55. The summed E-state index contributed by atoms with van der Waals surface area (Å²) in [6.07, 6.45) is 5.30. The number of aliphatic hydroxyl groups is 1. The minimum absolute atomic E-state index is 0.0652. The van der Waals surface area contributed by atoms with Crippen molar-refractivity contribution < 1.29 is 28.1 Å². The minimum Gasteiger partial charge on any atom is -0.494 e. The molecule has 10 nitrogen and oxygen atoms in total. The van der Waals surface area contributed by atoms with E-state index in [0.29, 0.717) is 25.1 Å². The first kappa shape index (κ1) is 25.1. The number of nitrogens with zero attached hydrogens (tertiary/aromatic N) is 4. The molecule has 1 aliphatic heterocycles. The molecule has 184 valence electrons. The van der Waals surface area contributed by atoms with Crippen molar-refractivity contribution in [3.8, 4) is 17.2 Å². The predicted octanol–water partition coefficient (Wildman–Crippen LogP) is 1.64. The molecule has 1 aromatic heterocycles. The van der Waals surface area contributed by atoms with Crippen LogP contribution in [0.15, 0.2) is 35.2 Å². The molecule has 0 amide bonds. The fourth-order valence-corrected chi connectivity index (χ4v) is 3.38. The van der Waals surface area contributed by atoms with Gasteiger partial charge in [-0.1, -0.05) is 0 Å². The van der Waals surface area contributed by atoms with Crippen LogP contribution in [0, 0.1) is 11.6 Å². The van der Waals surface area contributed by atoms with Crippen molar-refractivity contribution >= 4 is 11.8 Å². The van der Waals surface area contributed by atoms with Crippen molar-refractivity contribution in [1.82, 2.24) is 14.9 Å². The molecule has 0 saturated carbocycles. The van der Waals surface area contributed by atoms with Crippen LogP contribution in [0.5, 0.6) is 17.2 Å². The highest BCUT2D eigenvalue weighted by molar-refractivity contribution is 5.93. The molecule has 0 radical (unpaired) electrons. The van der Waals surface area contributed by atoms with Gasteiger partial charge in [-0.3, -0.25) is 4.90 Å². The van der Waals surface area contributed by atoms with Gasteiger partial charge in [0.25, 0.3) is 5.95 Å². The molecule has 0 aliphatic carbocycles. The lowest BCUT2D eigenvalue weighted by molar-refractivity contribution is 0.0867. The van der Waals surface area contributed by atoms with E-state index in [1.165, 1.54) is 32.7 Å². The number of ether oxygens (including phenoxy) is 3. The van der Waals surface area contributed by atoms with Gasteiger partial charge in [0.1, 0.15) is 12.4 Å². The van der Waals surface area contributed by atoms with Gasteiger partial charge in [0.2, 0.25) is 0 Å². The number of aliphatic hydroxyl groups excluding tert-OH is 1. The van der Waals surface area contributed by atoms with E-state index in [9.17, 15) is 13.9 Å². The highest BCUT2D eigenvalue weighted by atomic mass is 19.1. The number of hydrogen-bond acceptors (Lipinski definition) is 9. The van der Waals surface area contributed by atoms with Gasteiger partial charge >= 0.3 is 0 Å². The molecule has 0 atom stereocenters. The number of aromatic nitrogens is 2. The van der Waals surface area contributed by atoms with E-state index in [1.807, 2.05) is 0 Å². The summed E-state index contributed by atoms with van der Waals surface area (Å²) in [5, 5.41) is 9.57. The Balaban J connectivity index is 1.61. The number of rotatable bonds is 9. The summed E-state index contributed by atoms with van der Waals surface area (Å²) in [4.78, 5) is 14.3. The van der Waals surface area contributed by atoms with E-state index in [0.717, 1.165) is 19.2 Å². The number of aliphatic imine (C=N–C) groups is 1. The van der Waals surface area contributed by atoms with Gasteiger partial charge in [-0.15, -0.1) is 0 Å². The minimum atomic E-state index is -0.888. The summed E-state index contributed by atoms with van der Waals surface area (Å²) < 4.78 is 44.1. The summed E-state index contributed by atoms with van der Waals surface area (Å²) in [6.45, 7) is 1.59. The van der Waals surface area contributed by atoms with Crippen LogP contribution < -0.4 is 25.7 Å². The van der Waals surface area contributed by atoms with Crippen LogP contribution in [-0.4, -0.2) is 65.8 Å². The van der Waals surface area contributed by atoms with E-state index in [4.69, 9.17) is 25.7 Å². The van der Waals surface area contributed by atoms with Crippen molar-refractivity contribution in [2.45, 2.75) is 25.6 Å². The Bertz CT molecular complexity index is 1010. The second-order valence-electron chi connectivity index (χ2n) is 7.66. The van der Waals surface area contributed by atoms with E-state index in [1.54, 1.807) is 0 Å². The topological polar surface area (TPSA) is 141 Å². The van der Waals surface area contributed by atoms with Crippen LogP contribution in [0.25, 0.3) is 0 Å². The number of halogens is 2. The predicted molar refractivity (Wildman–Crippen MR) is 121 cm³/mol. The zero-order valence-electron chi connectivity index (χ0n) is 19.0. The molecule has 1 aliphatic rings. The van der Waals surface area contributed by atoms with Gasteiger partial charge in [-0.25, -0.2) is 18.7 Å². The van der Waals surface area contributed by atoms with Gasteiger partial charge in [-0.2, -0.15) is 4.99 Å². The normalized spacial score (nSPS) is 15.9. The maximum absolute atomic E-state index is 14.4. The highest BCUT2D eigenvalue weighted by Crippen LogP contribution is 2.32. The summed E-state index contributed by atoms with van der Waals surface area (Å²) in [5.74, 6) is -1.76. The van der Waals surface area contributed by atoms with Crippen LogP contribution in [-0.2, 0) is 6.61 Å². The third-order valence-corrected chi connectivity index (χ3v) is 5.19. The van der Waals surface area contributed by atoms with Gasteiger partial charge in [0.05, 0.1) is 38.3 Å². The monoisotopic (exact) mass is 478 g/mol. The van der Waals surface area contributed by atoms with Crippen molar-refractivity contribution in [2.24, 2.45) is 16.5 Å². The number of nitrogens with two attached hydrogens (primary N) is 2. The van der Waals surface area contributed by atoms with Crippen molar-refractivity contribution in [2.75, 3.05) is 33.9 Å². The Morgan fingerprint density at radius 1 is 1.15 bits per heavy atom. The van der Waals surface area contributed by atoms with E-state index in [2.05, 4.69) is 19.9 Å². The third kappa shape index (κ3) is 6.51. The van der Waals surface area contributed by atoms with Crippen LogP contribution in [0.2, 0.25) is 0 Å². The second-order valence-corrected chi connectivity index (χ2v) is 7.66. The molecular formula is C22H28F2N6O4. The van der Waals surface area contributed by atoms with E-state index in [-0.39, 0.29) is 40.7 Å². The summed E-state index contributed by atoms with van der Waals surface area (Å²) >= 11 is 0. The SMILES string of the molecule is COc1cc(OC)c(F)c(COc2cnc(/N=C(N)\C=C(/N)CN3CCC(O)CC3)nc2)c1F. The van der Waals surface area contributed by atoms with Crippen molar-refractivity contribution in [3.05, 3.63) is 47.4 Å². The molecule has 0 unspecified atom stereocenters. The van der Waals surface area contributed by atoms with E-state index >= 15 is 0 Å². The Labute approximate surface area is 195 Å². The number of hydrogen-bond donors (Lipinski definition) is 3. The lowest BCUT2D eigenvalue weighted by atomic mass is 10.1. The summed E-state index contributed by atoms with van der Waals surface area (Å²) in [5.41, 5.74) is 12.1. The highest BCUT2D eigenvalue weighted by Gasteiger charge is 2.21. The third-order valence-electron chi connectivity index (χ3n) is 5.19. The van der Waals surface area contributed by atoms with Crippen LogP contribution >= 0.6 is 0 Å². The number of amidine groups is 1. The average Bonchev–Trinajstić information content (AvgIpc) is 2.81. The Hall–Kier alpha value is -3.51.